The van der Waals surface area contributed by atoms with E-state index in [-0.39, 0.29) is 42.2 Å². The molecule has 1 aromatic carbocycles. The van der Waals surface area contributed by atoms with Crippen molar-refractivity contribution in [2.45, 2.75) is 20.8 Å². The predicted molar refractivity (Wildman–Crippen MR) is 96.8 cm³/mol. The van der Waals surface area contributed by atoms with Crippen molar-refractivity contribution in [3.05, 3.63) is 73.3 Å². The second kappa shape index (κ2) is 16.6. The number of pyridine rings is 1. The number of halogens is 2. The summed E-state index contributed by atoms with van der Waals surface area (Å²) in [6, 6.07) is 12.9. The van der Waals surface area contributed by atoms with Gasteiger partial charge < -0.3 is 6.42 Å². The van der Waals surface area contributed by atoms with Crippen molar-refractivity contribution >= 4 is 35.7 Å². The molecule has 0 bridgehead atoms. The smallest absolute Gasteiger partial charge is 0.335 e. The third-order valence-corrected chi connectivity index (χ3v) is 2.29. The van der Waals surface area contributed by atoms with Gasteiger partial charge in [-0.3, -0.25) is 11.1 Å². The molecule has 0 saturated heterocycles. The van der Waals surface area contributed by atoms with Crippen LogP contribution in [0.3, 0.4) is 0 Å². The molecule has 1 unspecified atom stereocenters. The molecule has 0 spiro atoms. The Balaban J connectivity index is -0.000000265. The standard InChI is InChI=1S/C9H6N.C6H7.C3H7.2ClH.Cr/c1-2-6-9-8(4-1)5-3-7-10-9;1-6-4-2-3-5-6;1-3-2;;;/h1-5,7H;2-4,6H,1H3;3H,1-2H3;2*1H;/q3*-1;;;+3. The van der Waals surface area contributed by atoms with E-state index in [0.29, 0.717) is 5.92 Å². The Morgan fingerprint density at radius 2 is 1.77 bits per heavy atom. The molecule has 119 valence electrons. The number of aromatic nitrogens is 1. The molecular formula is C18H22Cl2CrN. The summed E-state index contributed by atoms with van der Waals surface area (Å²) in [6.45, 7) is 6.11. The molecule has 1 aliphatic rings. The zero-order chi connectivity index (χ0) is 13.9. The molecule has 3 rings (SSSR count). The minimum absolute atomic E-state index is 0. The molecule has 22 heavy (non-hydrogen) atoms. The number of rotatable bonds is 0. The van der Waals surface area contributed by atoms with Crippen LogP contribution in [0.5, 0.6) is 0 Å². The summed E-state index contributed by atoms with van der Waals surface area (Å²) in [4.78, 5) is 4.13. The molecule has 0 saturated carbocycles. The van der Waals surface area contributed by atoms with Gasteiger partial charge in [-0.25, -0.2) is 12.2 Å². The summed E-state index contributed by atoms with van der Waals surface area (Å²) < 4.78 is 0. The molecule has 1 aromatic heterocycles. The fourth-order valence-electron chi connectivity index (χ4n) is 1.44. The van der Waals surface area contributed by atoms with Crippen LogP contribution in [-0.4, -0.2) is 4.98 Å². The van der Waals surface area contributed by atoms with Crippen molar-refractivity contribution in [2.75, 3.05) is 0 Å². The molecule has 0 aliphatic heterocycles. The molecular weight excluding hydrogens is 353 g/mol. The number of hydrogen-bond acceptors (Lipinski definition) is 1. The van der Waals surface area contributed by atoms with Crippen molar-refractivity contribution in [1.29, 1.82) is 0 Å². The summed E-state index contributed by atoms with van der Waals surface area (Å²) in [7, 11) is 0. The molecule has 1 atom stereocenters. The summed E-state index contributed by atoms with van der Waals surface area (Å²) in [5.74, 6) is 0.560. The number of para-hydroxylation sites is 1. The van der Waals surface area contributed by atoms with Crippen molar-refractivity contribution < 1.29 is 17.4 Å². The Labute approximate surface area is 157 Å². The van der Waals surface area contributed by atoms with Crippen LogP contribution in [-0.2, 0) is 17.4 Å². The Morgan fingerprint density at radius 1 is 1.14 bits per heavy atom. The number of hydrogen-bond donors (Lipinski definition) is 0. The minimum atomic E-state index is 0. The van der Waals surface area contributed by atoms with Gasteiger partial charge in [0.2, 0.25) is 0 Å². The van der Waals surface area contributed by atoms with Gasteiger partial charge in [0.15, 0.2) is 0 Å². The van der Waals surface area contributed by atoms with E-state index in [2.05, 4.69) is 30.1 Å². The van der Waals surface area contributed by atoms with Crippen LogP contribution in [0.25, 0.3) is 10.9 Å². The summed E-state index contributed by atoms with van der Waals surface area (Å²) in [5, 5.41) is 1.14. The van der Waals surface area contributed by atoms with Crippen LogP contribution in [0.4, 0.5) is 0 Å². The Bertz CT molecular complexity index is 464. The molecule has 0 N–H and O–H groups in total. The number of benzene rings is 1. The van der Waals surface area contributed by atoms with Crippen LogP contribution in [0.1, 0.15) is 20.8 Å². The maximum Gasteiger partial charge on any atom is 3.00 e. The topological polar surface area (TPSA) is 12.9 Å². The van der Waals surface area contributed by atoms with Gasteiger partial charge in [0.1, 0.15) is 0 Å². The monoisotopic (exact) mass is 374 g/mol. The van der Waals surface area contributed by atoms with E-state index in [9.17, 15) is 0 Å². The number of allylic oxidation sites excluding steroid dienone is 4. The van der Waals surface area contributed by atoms with E-state index >= 15 is 0 Å². The average molecular weight is 375 g/mol. The molecule has 0 amide bonds. The van der Waals surface area contributed by atoms with Crippen LogP contribution in [0, 0.1) is 24.5 Å². The van der Waals surface area contributed by atoms with Gasteiger partial charge in [-0.15, -0.1) is 36.3 Å². The molecule has 1 radical (unpaired) electrons. The largest absolute Gasteiger partial charge is 3.00 e. The molecule has 4 heteroatoms. The van der Waals surface area contributed by atoms with Crippen molar-refractivity contribution in [1.82, 2.24) is 4.98 Å². The zero-order valence-corrected chi connectivity index (χ0v) is 15.9. The van der Waals surface area contributed by atoms with E-state index in [1.807, 2.05) is 62.8 Å². The average Bonchev–Trinajstić information content (AvgIpc) is 2.92. The summed E-state index contributed by atoms with van der Waals surface area (Å²) in [5.41, 5.74) is 0.935. The van der Waals surface area contributed by atoms with Crippen LogP contribution in [0.15, 0.2) is 54.8 Å². The fraction of sp³-hybridized carbons (Fsp3) is 0.222. The second-order valence-corrected chi connectivity index (χ2v) is 4.20. The maximum absolute atomic E-state index is 4.13. The van der Waals surface area contributed by atoms with E-state index in [1.165, 1.54) is 0 Å². The molecule has 2 aromatic rings. The van der Waals surface area contributed by atoms with Crippen LogP contribution >= 0.6 is 24.8 Å². The molecule has 1 nitrogen and oxygen atoms in total. The number of nitrogens with zero attached hydrogens (tertiary/aromatic N) is 1. The van der Waals surface area contributed by atoms with Crippen molar-refractivity contribution in [2.24, 2.45) is 5.92 Å². The summed E-state index contributed by atoms with van der Waals surface area (Å²) >= 11 is 0. The van der Waals surface area contributed by atoms with Crippen LogP contribution < -0.4 is 0 Å². The minimum Gasteiger partial charge on any atom is -0.335 e. The second-order valence-electron chi connectivity index (χ2n) is 4.20. The van der Waals surface area contributed by atoms with Crippen molar-refractivity contribution in [3.8, 4) is 0 Å². The van der Waals surface area contributed by atoms with Gasteiger partial charge in [-0.05, 0) is 5.52 Å². The Hall–Kier alpha value is -0.778. The SMILES string of the molecule is CC1[C-]=CC=C1.C[CH-]C.Cl.Cl.[Cr+3].[c-]1cccc2cccnc12. The quantitative estimate of drug-likeness (QED) is 0.542. The zero-order valence-electron chi connectivity index (χ0n) is 13.0. The molecule has 1 aliphatic carbocycles. The van der Waals surface area contributed by atoms with Gasteiger partial charge in [-0.2, -0.15) is 44.2 Å². The summed E-state index contributed by atoms with van der Waals surface area (Å²) in [6.07, 6.45) is 12.9. The van der Waals surface area contributed by atoms with E-state index < -0.39 is 0 Å². The molecule has 0 fully saturated rings. The van der Waals surface area contributed by atoms with Gasteiger partial charge in [0.25, 0.3) is 0 Å². The van der Waals surface area contributed by atoms with Gasteiger partial charge in [-0.1, -0.05) is 18.9 Å². The normalized spacial score (nSPS) is 13.3. The first-order valence-corrected chi connectivity index (χ1v) is 6.49. The van der Waals surface area contributed by atoms with E-state index in [0.717, 1.165) is 10.9 Å². The third-order valence-electron chi connectivity index (χ3n) is 2.29. The number of fused-ring (bicyclic) bond motifs is 1. The van der Waals surface area contributed by atoms with E-state index in [4.69, 9.17) is 0 Å². The first-order valence-electron chi connectivity index (χ1n) is 6.49. The van der Waals surface area contributed by atoms with Crippen molar-refractivity contribution in [3.63, 3.8) is 0 Å². The predicted octanol–water partition coefficient (Wildman–Crippen LogP) is 5.66. The first kappa shape index (κ1) is 26.1. The fourth-order valence-corrected chi connectivity index (χ4v) is 1.44. The maximum atomic E-state index is 4.13. The third kappa shape index (κ3) is 10.9. The first-order chi connectivity index (χ1) is 9.27. The van der Waals surface area contributed by atoms with Gasteiger partial charge >= 0.3 is 17.4 Å². The van der Waals surface area contributed by atoms with Gasteiger partial charge in [0, 0.05) is 6.20 Å². The Kier molecular flexibility index (Phi) is 19.7. The van der Waals surface area contributed by atoms with Gasteiger partial charge in [0.05, 0.1) is 0 Å². The Morgan fingerprint density at radius 3 is 2.23 bits per heavy atom. The van der Waals surface area contributed by atoms with Crippen LogP contribution in [0.2, 0.25) is 0 Å². The van der Waals surface area contributed by atoms with E-state index in [1.54, 1.807) is 6.20 Å². The molecule has 1 heterocycles.